The van der Waals surface area contributed by atoms with Crippen molar-refractivity contribution >= 4 is 11.3 Å². The highest BCUT2D eigenvalue weighted by Gasteiger charge is 2.38. The second-order valence-corrected chi connectivity index (χ2v) is 7.80. The van der Waals surface area contributed by atoms with Crippen molar-refractivity contribution in [3.8, 4) is 21.2 Å². The maximum atomic E-state index is 6.07. The van der Waals surface area contributed by atoms with Gasteiger partial charge in [-0.15, -0.1) is 21.5 Å². The number of fused-ring (bicyclic) bond motifs is 3. The topological polar surface area (TPSA) is 42.2 Å². The Labute approximate surface area is 145 Å². The molecule has 3 fully saturated rings. The van der Waals surface area contributed by atoms with E-state index in [-0.39, 0.29) is 0 Å². The first-order valence-corrected chi connectivity index (χ1v) is 9.40. The number of nitrogens with zero attached hydrogens (tertiary/aromatic N) is 3. The quantitative estimate of drug-likeness (QED) is 0.715. The van der Waals surface area contributed by atoms with Crippen LogP contribution in [-0.2, 0) is 0 Å². The van der Waals surface area contributed by atoms with Gasteiger partial charge in [-0.1, -0.05) is 30.3 Å². The summed E-state index contributed by atoms with van der Waals surface area (Å²) in [6, 6.07) is 14.6. The average Bonchev–Trinajstić information content (AvgIpc) is 3.33. The molecule has 0 N–H and O–H groups in total. The van der Waals surface area contributed by atoms with E-state index in [1.807, 2.05) is 6.07 Å². The Bertz CT molecular complexity index is 833. The second-order valence-electron chi connectivity index (χ2n) is 6.72. The highest BCUT2D eigenvalue weighted by molar-refractivity contribution is 7.18. The number of hydrogen-bond donors (Lipinski definition) is 0. The summed E-state index contributed by atoms with van der Waals surface area (Å²) in [5, 5.41) is 8.71. The smallest absolute Gasteiger partial charge is 0.257 e. The van der Waals surface area contributed by atoms with Crippen LogP contribution in [0.5, 0.6) is 0 Å². The number of aromatic nitrogens is 2. The summed E-state index contributed by atoms with van der Waals surface area (Å²) in [5.74, 6) is 2.62. The van der Waals surface area contributed by atoms with Crippen LogP contribution in [0.15, 0.2) is 46.9 Å². The predicted molar refractivity (Wildman–Crippen MR) is 95.0 cm³/mol. The van der Waals surface area contributed by atoms with Crippen molar-refractivity contribution in [1.29, 1.82) is 0 Å². The molecular weight excluding hydrogens is 318 g/mol. The Morgan fingerprint density at radius 1 is 0.958 bits per heavy atom. The van der Waals surface area contributed by atoms with Gasteiger partial charge in [0, 0.05) is 11.4 Å². The Morgan fingerprint density at radius 3 is 2.50 bits per heavy atom. The Hall–Kier alpha value is -1.98. The molecule has 3 aromatic rings. The van der Waals surface area contributed by atoms with Gasteiger partial charge in [0.2, 0.25) is 5.89 Å². The summed E-state index contributed by atoms with van der Waals surface area (Å²) < 4.78 is 6.07. The molecule has 0 radical (unpaired) electrons. The van der Waals surface area contributed by atoms with Gasteiger partial charge in [0.25, 0.3) is 5.89 Å². The minimum atomic E-state index is 0.419. The molecule has 5 heterocycles. The fraction of sp³-hybridized carbons (Fsp3) is 0.368. The lowest BCUT2D eigenvalue weighted by Gasteiger charge is -2.43. The summed E-state index contributed by atoms with van der Waals surface area (Å²) in [4.78, 5) is 4.80. The van der Waals surface area contributed by atoms with Gasteiger partial charge < -0.3 is 9.32 Å². The lowest BCUT2D eigenvalue weighted by Crippen LogP contribution is -2.46. The molecule has 1 aromatic carbocycles. The number of rotatable bonds is 3. The number of piperidine rings is 3. The van der Waals surface area contributed by atoms with Crippen LogP contribution in [0.25, 0.3) is 21.2 Å². The largest absolute Gasteiger partial charge is 0.420 e. The maximum Gasteiger partial charge on any atom is 0.257 e. The number of benzene rings is 1. The SMILES string of the molecule is c1ccc(-c2ccc(-c3nnc(C4CN5CCC4CC5)o3)s2)cc1. The molecule has 3 saturated heterocycles. The minimum absolute atomic E-state index is 0.419. The molecule has 0 saturated carbocycles. The molecule has 6 rings (SSSR count). The van der Waals surface area contributed by atoms with Crippen LogP contribution in [0.3, 0.4) is 0 Å². The van der Waals surface area contributed by atoms with E-state index in [4.69, 9.17) is 4.42 Å². The summed E-state index contributed by atoms with van der Waals surface area (Å²) in [5.41, 5.74) is 1.23. The van der Waals surface area contributed by atoms with Gasteiger partial charge in [0.1, 0.15) is 0 Å². The third-order valence-electron chi connectivity index (χ3n) is 5.29. The van der Waals surface area contributed by atoms with Gasteiger partial charge in [0.15, 0.2) is 0 Å². The molecule has 3 aliphatic rings. The Balaban J connectivity index is 1.41. The third-order valence-corrected chi connectivity index (χ3v) is 6.41. The van der Waals surface area contributed by atoms with E-state index in [0.717, 1.165) is 17.3 Å². The molecule has 24 heavy (non-hydrogen) atoms. The Morgan fingerprint density at radius 2 is 1.75 bits per heavy atom. The summed E-state index contributed by atoms with van der Waals surface area (Å²) in [6.07, 6.45) is 2.53. The maximum absolute atomic E-state index is 6.07. The normalized spacial score (nSPS) is 25.9. The minimum Gasteiger partial charge on any atom is -0.420 e. The van der Waals surface area contributed by atoms with Crippen LogP contribution < -0.4 is 0 Å². The standard InChI is InChI=1S/C19H19N3OS/c1-2-4-14(5-3-1)16-6-7-17(24-16)19-21-20-18(23-19)15-12-22-10-8-13(15)9-11-22/h1-7,13,15H,8-12H2. The van der Waals surface area contributed by atoms with Crippen molar-refractivity contribution in [2.24, 2.45) is 5.92 Å². The second kappa shape index (κ2) is 5.83. The monoisotopic (exact) mass is 337 g/mol. The molecule has 3 aliphatic heterocycles. The van der Waals surface area contributed by atoms with E-state index in [1.54, 1.807) is 11.3 Å². The zero-order valence-corrected chi connectivity index (χ0v) is 14.2. The molecular formula is C19H19N3OS. The first-order valence-electron chi connectivity index (χ1n) is 8.58. The fourth-order valence-corrected chi connectivity index (χ4v) is 4.87. The molecule has 0 aliphatic carbocycles. The van der Waals surface area contributed by atoms with Crippen LogP contribution in [0, 0.1) is 5.92 Å². The molecule has 5 heteroatoms. The van der Waals surface area contributed by atoms with Crippen molar-refractivity contribution in [1.82, 2.24) is 15.1 Å². The molecule has 2 aromatic heterocycles. The van der Waals surface area contributed by atoms with Crippen LogP contribution in [0.2, 0.25) is 0 Å². The van der Waals surface area contributed by atoms with Crippen molar-refractivity contribution < 1.29 is 4.42 Å². The third kappa shape index (κ3) is 2.48. The summed E-state index contributed by atoms with van der Waals surface area (Å²) >= 11 is 1.71. The van der Waals surface area contributed by atoms with E-state index in [9.17, 15) is 0 Å². The van der Waals surface area contributed by atoms with E-state index in [1.165, 1.54) is 36.4 Å². The van der Waals surface area contributed by atoms with E-state index < -0.39 is 0 Å². The van der Waals surface area contributed by atoms with Gasteiger partial charge >= 0.3 is 0 Å². The molecule has 122 valence electrons. The molecule has 4 nitrogen and oxygen atoms in total. The van der Waals surface area contributed by atoms with Crippen molar-refractivity contribution in [2.75, 3.05) is 19.6 Å². The van der Waals surface area contributed by atoms with Crippen molar-refractivity contribution in [3.05, 3.63) is 48.4 Å². The van der Waals surface area contributed by atoms with E-state index >= 15 is 0 Å². The zero-order valence-electron chi connectivity index (χ0n) is 13.4. The molecule has 1 unspecified atom stereocenters. The first kappa shape index (κ1) is 14.4. The lowest BCUT2D eigenvalue weighted by molar-refractivity contribution is 0.0758. The van der Waals surface area contributed by atoms with Crippen molar-refractivity contribution in [3.63, 3.8) is 0 Å². The number of hydrogen-bond acceptors (Lipinski definition) is 5. The summed E-state index contributed by atoms with van der Waals surface area (Å²) in [7, 11) is 0. The highest BCUT2D eigenvalue weighted by atomic mass is 32.1. The van der Waals surface area contributed by atoms with Crippen LogP contribution >= 0.6 is 11.3 Å². The van der Waals surface area contributed by atoms with E-state index in [2.05, 4.69) is 51.5 Å². The summed E-state index contributed by atoms with van der Waals surface area (Å²) in [6.45, 7) is 3.53. The molecule has 0 amide bonds. The van der Waals surface area contributed by atoms with Gasteiger partial charge in [-0.2, -0.15) is 0 Å². The molecule has 1 atom stereocenters. The fourth-order valence-electron chi connectivity index (χ4n) is 3.94. The molecule has 0 spiro atoms. The first-order chi connectivity index (χ1) is 11.9. The zero-order chi connectivity index (χ0) is 15.9. The Kier molecular flexibility index (Phi) is 3.49. The highest BCUT2D eigenvalue weighted by Crippen LogP contribution is 2.40. The van der Waals surface area contributed by atoms with Crippen LogP contribution in [-0.4, -0.2) is 34.7 Å². The van der Waals surface area contributed by atoms with E-state index in [0.29, 0.717) is 17.7 Å². The van der Waals surface area contributed by atoms with Crippen LogP contribution in [0.1, 0.15) is 24.7 Å². The van der Waals surface area contributed by atoms with Gasteiger partial charge in [-0.3, -0.25) is 0 Å². The van der Waals surface area contributed by atoms with Crippen molar-refractivity contribution in [2.45, 2.75) is 18.8 Å². The average molecular weight is 337 g/mol. The van der Waals surface area contributed by atoms with Gasteiger partial charge in [-0.05, 0) is 49.5 Å². The molecule has 2 bridgehead atoms. The lowest BCUT2D eigenvalue weighted by atomic mass is 9.79. The van der Waals surface area contributed by atoms with Gasteiger partial charge in [-0.25, -0.2) is 0 Å². The van der Waals surface area contributed by atoms with Gasteiger partial charge in [0.05, 0.1) is 10.8 Å². The number of thiophene rings is 1. The predicted octanol–water partition coefficient (Wildman–Crippen LogP) is 4.27. The van der Waals surface area contributed by atoms with Crippen LogP contribution in [0.4, 0.5) is 0 Å².